The number of hydrogen-bond donors (Lipinski definition) is 2. The van der Waals surface area contributed by atoms with Crippen LogP contribution >= 0.6 is 23.4 Å². The summed E-state index contributed by atoms with van der Waals surface area (Å²) >= 11 is 8.38. The summed E-state index contributed by atoms with van der Waals surface area (Å²) in [7, 11) is 2.06. The van der Waals surface area contributed by atoms with Crippen molar-refractivity contribution in [2.75, 3.05) is 143 Å². The monoisotopic (exact) mass is 974 g/mol. The van der Waals surface area contributed by atoms with Crippen molar-refractivity contribution >= 4 is 52.5 Å². The van der Waals surface area contributed by atoms with Crippen molar-refractivity contribution in [3.05, 3.63) is 70.8 Å². The van der Waals surface area contributed by atoms with Gasteiger partial charge in [-0.15, -0.1) is 0 Å². The molecule has 2 amide bonds. The van der Waals surface area contributed by atoms with E-state index in [1.165, 1.54) is 28.6 Å². The zero-order valence-corrected chi connectivity index (χ0v) is 41.2. The van der Waals surface area contributed by atoms with Gasteiger partial charge in [0.15, 0.2) is 0 Å². The Morgan fingerprint density at radius 3 is 2.06 bits per heavy atom. The Balaban J connectivity index is 0.704. The van der Waals surface area contributed by atoms with Crippen molar-refractivity contribution in [3.63, 3.8) is 0 Å². The van der Waals surface area contributed by atoms with Crippen LogP contribution in [0, 0.1) is 5.92 Å². The van der Waals surface area contributed by atoms with Gasteiger partial charge in [0.1, 0.15) is 6.61 Å². The topological polar surface area (TPSA) is 156 Å². The molecule has 17 heteroatoms. The molecule has 3 atom stereocenters. The number of unbranched alkanes of at least 4 members (excludes halogenated alkanes) is 2. The van der Waals surface area contributed by atoms with Crippen molar-refractivity contribution in [2.24, 2.45) is 5.92 Å². The van der Waals surface area contributed by atoms with Gasteiger partial charge >= 0.3 is 5.97 Å². The number of nitrogens with one attached hydrogen (secondary N) is 2. The number of thioether (sulfide) groups is 1. The number of fused-ring (bicyclic) bond motifs is 3. The van der Waals surface area contributed by atoms with E-state index in [2.05, 4.69) is 63.9 Å². The first-order valence-electron chi connectivity index (χ1n) is 24.2. The van der Waals surface area contributed by atoms with Gasteiger partial charge in [-0.25, -0.2) is 4.79 Å². The number of ether oxygens (including phenoxy) is 8. The molecule has 5 rings (SSSR count). The Bertz CT molecular complexity index is 1760. The first-order chi connectivity index (χ1) is 32.9. The highest BCUT2D eigenvalue weighted by molar-refractivity contribution is 8.00. The number of esters is 1. The van der Waals surface area contributed by atoms with E-state index in [0.717, 1.165) is 68.8 Å². The lowest BCUT2D eigenvalue weighted by Crippen LogP contribution is -2.29. The van der Waals surface area contributed by atoms with Crippen molar-refractivity contribution in [1.82, 2.24) is 15.5 Å². The molecule has 2 aromatic carbocycles. The molecule has 67 heavy (non-hydrogen) atoms. The number of likely N-dealkylation sites (N-methyl/N-ethyl adjacent to an activating group) is 1. The molecule has 0 radical (unpaired) electrons. The van der Waals surface area contributed by atoms with E-state index in [0.29, 0.717) is 136 Å². The minimum absolute atomic E-state index is 0.0540. The number of para-hydroxylation sites is 1. The van der Waals surface area contributed by atoms with E-state index in [1.807, 2.05) is 23.9 Å². The predicted octanol–water partition coefficient (Wildman–Crippen LogP) is 5.80. The Kier molecular flexibility index (Phi) is 27.1. The van der Waals surface area contributed by atoms with Gasteiger partial charge in [0, 0.05) is 77.9 Å². The Labute approximate surface area is 407 Å². The molecule has 3 aliphatic rings. The molecule has 0 saturated carbocycles. The number of carbonyl (C=O) groups excluding carboxylic acids is 3. The largest absolute Gasteiger partial charge is 0.460 e. The minimum Gasteiger partial charge on any atom is -0.460 e. The predicted molar refractivity (Wildman–Crippen MR) is 263 cm³/mol. The Morgan fingerprint density at radius 2 is 1.39 bits per heavy atom. The standard InChI is InChI=1S/C50H75ClN4O11S/c1-54(19-6-7-21-55-45-10-3-2-9-40(45)14-15-41-16-17-42(51)37-46(41)55)20-8-13-50(58)66-36-35-65-34-33-64-32-31-63-30-29-62-28-27-61-26-25-60-24-23-59-22-18-52-48(56)12-5-4-11-47-43-38-49(57)53-44(43)39-67-47/h2-3,8-10,13,16-17,37,43-44,47H,4-7,11-12,14-15,18-36,38-39H2,1H3,(H,52,56)(H,53,57)/b13-8+/t43-,44-,47-/m0/s1. The minimum atomic E-state index is -0.378. The van der Waals surface area contributed by atoms with Gasteiger partial charge in [-0.05, 0) is 81.4 Å². The number of rotatable bonds is 37. The van der Waals surface area contributed by atoms with E-state index >= 15 is 0 Å². The van der Waals surface area contributed by atoms with Crippen molar-refractivity contribution < 1.29 is 52.3 Å². The van der Waals surface area contributed by atoms with E-state index in [1.54, 1.807) is 0 Å². The summed E-state index contributed by atoms with van der Waals surface area (Å²) in [6.45, 7) is 9.38. The number of amides is 2. The lowest BCUT2D eigenvalue weighted by molar-refractivity contribution is -0.139. The third-order valence-corrected chi connectivity index (χ3v) is 13.6. The van der Waals surface area contributed by atoms with Crippen LogP contribution in [0.5, 0.6) is 0 Å². The van der Waals surface area contributed by atoms with Crippen LogP contribution in [0.3, 0.4) is 0 Å². The van der Waals surface area contributed by atoms with Crippen molar-refractivity contribution in [2.45, 2.75) is 69.1 Å². The van der Waals surface area contributed by atoms with Crippen LogP contribution in [0.25, 0.3) is 0 Å². The molecule has 0 spiro atoms. The van der Waals surface area contributed by atoms with Gasteiger partial charge in [-0.1, -0.05) is 48.4 Å². The van der Waals surface area contributed by atoms with Crippen LogP contribution in [0.15, 0.2) is 54.6 Å². The second-order valence-corrected chi connectivity index (χ2v) is 18.6. The quantitative estimate of drug-likeness (QED) is 0.0476. The van der Waals surface area contributed by atoms with Gasteiger partial charge in [-0.3, -0.25) is 9.59 Å². The van der Waals surface area contributed by atoms with Gasteiger partial charge in [0.25, 0.3) is 0 Å². The summed E-state index contributed by atoms with van der Waals surface area (Å²) in [5, 5.41) is 7.28. The van der Waals surface area contributed by atoms with E-state index in [-0.39, 0.29) is 24.4 Å². The molecule has 0 bridgehead atoms. The zero-order chi connectivity index (χ0) is 47.2. The van der Waals surface area contributed by atoms with Gasteiger partial charge in [0.2, 0.25) is 11.8 Å². The molecule has 2 fully saturated rings. The molecule has 3 heterocycles. The molecule has 0 unspecified atom stereocenters. The number of nitrogens with zero attached hydrogens (tertiary/aromatic N) is 2. The van der Waals surface area contributed by atoms with Crippen molar-refractivity contribution in [3.8, 4) is 0 Å². The summed E-state index contributed by atoms with van der Waals surface area (Å²) in [6, 6.07) is 15.2. The fourth-order valence-corrected chi connectivity index (χ4v) is 10.1. The van der Waals surface area contributed by atoms with Gasteiger partial charge in [-0.2, -0.15) is 11.8 Å². The van der Waals surface area contributed by atoms with Crippen LogP contribution < -0.4 is 15.5 Å². The van der Waals surface area contributed by atoms with Crippen LogP contribution in [0.4, 0.5) is 11.4 Å². The third kappa shape index (κ3) is 21.9. The molecule has 2 saturated heterocycles. The smallest absolute Gasteiger partial charge is 0.330 e. The average Bonchev–Trinajstić information content (AvgIpc) is 3.84. The highest BCUT2D eigenvalue weighted by Crippen LogP contribution is 2.41. The first-order valence-corrected chi connectivity index (χ1v) is 25.7. The molecular formula is C50H75ClN4O11S. The second kappa shape index (κ2) is 33.3. The van der Waals surface area contributed by atoms with Gasteiger partial charge in [0.05, 0.1) is 92.5 Å². The number of anilines is 2. The third-order valence-electron chi connectivity index (χ3n) is 11.8. The zero-order valence-electron chi connectivity index (χ0n) is 39.6. The Hall–Kier alpha value is -3.29. The fourth-order valence-electron chi connectivity index (χ4n) is 8.28. The SMILES string of the molecule is CN(C/C=C/C(=O)OCCOCCOCCOCCOCCOCCOCCOCCNC(=O)CCCC[C@@H]1SC[C@@H]2NC(=O)C[C@@H]21)CCCCN1c2ccccc2CCc2ccc(Cl)cc21. The molecule has 2 N–H and O–H groups in total. The second-order valence-electron chi connectivity index (χ2n) is 16.9. The number of carbonyl (C=O) groups is 3. The maximum absolute atomic E-state index is 12.1. The molecule has 374 valence electrons. The summed E-state index contributed by atoms with van der Waals surface area (Å²) in [4.78, 5) is 40.5. The van der Waals surface area contributed by atoms with Crippen LogP contribution in [0.2, 0.25) is 5.02 Å². The number of halogens is 1. The van der Waals surface area contributed by atoms with Crippen LogP contribution in [-0.4, -0.2) is 172 Å². The van der Waals surface area contributed by atoms with E-state index in [4.69, 9.17) is 49.5 Å². The number of hydrogen-bond acceptors (Lipinski definition) is 14. The van der Waals surface area contributed by atoms with Crippen molar-refractivity contribution in [1.29, 1.82) is 0 Å². The average molecular weight is 976 g/mol. The summed E-state index contributed by atoms with van der Waals surface area (Å²) in [5.41, 5.74) is 5.18. The molecule has 3 aliphatic heterocycles. The van der Waals surface area contributed by atoms with Crippen LogP contribution in [0.1, 0.15) is 56.1 Å². The molecule has 0 aromatic heterocycles. The molecule has 15 nitrogen and oxygen atoms in total. The first kappa shape index (κ1) is 54.6. The molecule has 0 aliphatic carbocycles. The lowest BCUT2D eigenvalue weighted by Gasteiger charge is -2.27. The lowest BCUT2D eigenvalue weighted by atomic mass is 9.94. The maximum atomic E-state index is 12.1. The normalized spacial score (nSPS) is 17.7. The van der Waals surface area contributed by atoms with Crippen LogP contribution in [-0.2, 0) is 65.1 Å². The summed E-state index contributed by atoms with van der Waals surface area (Å²) in [6.07, 6.45) is 11.5. The maximum Gasteiger partial charge on any atom is 0.330 e. The highest BCUT2D eigenvalue weighted by atomic mass is 35.5. The molecule has 2 aromatic rings. The highest BCUT2D eigenvalue weighted by Gasteiger charge is 2.42. The molecular weight excluding hydrogens is 900 g/mol. The van der Waals surface area contributed by atoms with E-state index < -0.39 is 0 Å². The summed E-state index contributed by atoms with van der Waals surface area (Å²) in [5.74, 6) is 1.35. The number of benzene rings is 2. The van der Waals surface area contributed by atoms with Gasteiger partial charge < -0.3 is 58.3 Å². The fraction of sp³-hybridized carbons (Fsp3) is 0.660. The number of aryl methyl sites for hydroxylation is 2. The Morgan fingerprint density at radius 1 is 0.776 bits per heavy atom. The summed E-state index contributed by atoms with van der Waals surface area (Å²) < 4.78 is 43.9. The van der Waals surface area contributed by atoms with E-state index in [9.17, 15) is 14.4 Å².